The average molecular weight is 337 g/mol. The van der Waals surface area contributed by atoms with E-state index in [0.717, 1.165) is 18.4 Å². The van der Waals surface area contributed by atoms with Gasteiger partial charge in [-0.25, -0.2) is 9.97 Å². The molecule has 0 radical (unpaired) electrons. The molecule has 2 aromatic heterocycles. The standard InChI is InChI=1S/C18H23N7/c1-24-16(6-7-23-24)18-13(3-2-8-25(18)15-4-5-15)10-21-17-12-20-14(9-19)11-22-17/h6-7,11-13,15,18H,2-5,8,10H2,1H3,(H,21,22)/t13-,18+/m0/s1. The Kier molecular flexibility index (Phi) is 4.36. The van der Waals surface area contributed by atoms with E-state index < -0.39 is 0 Å². The maximum Gasteiger partial charge on any atom is 0.158 e. The SMILES string of the molecule is Cn1nccc1[C@H]1[C@H](CNc2cnc(C#N)cn2)CCCN1C1CC1. The number of nitrogens with zero attached hydrogens (tertiary/aromatic N) is 6. The fourth-order valence-electron chi connectivity index (χ4n) is 3.93. The van der Waals surface area contributed by atoms with Crippen LogP contribution in [0.3, 0.4) is 0 Å². The lowest BCUT2D eigenvalue weighted by atomic mass is 9.86. The summed E-state index contributed by atoms with van der Waals surface area (Å²) in [5.41, 5.74) is 1.64. The van der Waals surface area contributed by atoms with E-state index >= 15 is 0 Å². The van der Waals surface area contributed by atoms with Gasteiger partial charge in [0.2, 0.25) is 0 Å². The first kappa shape index (κ1) is 16.0. The second-order valence-electron chi connectivity index (χ2n) is 6.98. The van der Waals surface area contributed by atoms with Gasteiger partial charge in [0.15, 0.2) is 5.69 Å². The van der Waals surface area contributed by atoms with Gasteiger partial charge in [-0.1, -0.05) is 0 Å². The van der Waals surface area contributed by atoms with E-state index in [0.29, 0.717) is 17.7 Å². The molecule has 7 heteroatoms. The van der Waals surface area contributed by atoms with Gasteiger partial charge in [0.25, 0.3) is 0 Å². The van der Waals surface area contributed by atoms with Crippen molar-refractivity contribution in [3.8, 4) is 6.07 Å². The molecular weight excluding hydrogens is 314 g/mol. The fraction of sp³-hybridized carbons (Fsp3) is 0.556. The van der Waals surface area contributed by atoms with Crippen molar-refractivity contribution in [2.75, 3.05) is 18.4 Å². The molecule has 2 aliphatic rings. The van der Waals surface area contributed by atoms with Crippen molar-refractivity contribution in [3.63, 3.8) is 0 Å². The molecule has 1 N–H and O–H groups in total. The lowest BCUT2D eigenvalue weighted by Crippen LogP contribution is -2.43. The average Bonchev–Trinajstić information content (AvgIpc) is 3.41. The first-order chi connectivity index (χ1) is 12.3. The number of hydrogen-bond donors (Lipinski definition) is 1. The van der Waals surface area contributed by atoms with Crippen molar-refractivity contribution in [3.05, 3.63) is 36.0 Å². The summed E-state index contributed by atoms with van der Waals surface area (Å²) in [5, 5.41) is 16.6. The van der Waals surface area contributed by atoms with Crippen LogP contribution in [-0.2, 0) is 7.05 Å². The number of anilines is 1. The van der Waals surface area contributed by atoms with Gasteiger partial charge in [0, 0.05) is 25.8 Å². The molecular formula is C18H23N7. The Balaban J connectivity index is 1.51. The van der Waals surface area contributed by atoms with Crippen LogP contribution in [0.1, 0.15) is 43.1 Å². The quantitative estimate of drug-likeness (QED) is 0.900. The Morgan fingerprint density at radius 1 is 1.28 bits per heavy atom. The molecule has 1 saturated heterocycles. The van der Waals surface area contributed by atoms with E-state index in [9.17, 15) is 0 Å². The Labute approximate surface area is 147 Å². The van der Waals surface area contributed by atoms with Crippen LogP contribution in [0.15, 0.2) is 24.7 Å². The summed E-state index contributed by atoms with van der Waals surface area (Å²) >= 11 is 0. The zero-order chi connectivity index (χ0) is 17.2. The lowest BCUT2D eigenvalue weighted by Gasteiger charge is -2.41. The minimum atomic E-state index is 0.343. The van der Waals surface area contributed by atoms with Crippen molar-refractivity contribution in [2.45, 2.75) is 37.8 Å². The maximum absolute atomic E-state index is 8.83. The largest absolute Gasteiger partial charge is 0.368 e. The molecule has 1 saturated carbocycles. The van der Waals surface area contributed by atoms with E-state index in [1.807, 2.05) is 24.0 Å². The molecule has 2 atom stereocenters. The molecule has 4 rings (SSSR count). The predicted octanol–water partition coefficient (Wildman–Crippen LogP) is 2.11. The van der Waals surface area contributed by atoms with E-state index in [-0.39, 0.29) is 0 Å². The van der Waals surface area contributed by atoms with Crippen molar-refractivity contribution in [1.82, 2.24) is 24.6 Å². The third-order valence-electron chi connectivity index (χ3n) is 5.28. The fourth-order valence-corrected chi connectivity index (χ4v) is 3.93. The van der Waals surface area contributed by atoms with E-state index in [1.54, 1.807) is 6.20 Å². The summed E-state index contributed by atoms with van der Waals surface area (Å²) in [4.78, 5) is 11.0. The molecule has 0 amide bonds. The smallest absolute Gasteiger partial charge is 0.158 e. The molecule has 130 valence electrons. The van der Waals surface area contributed by atoms with Gasteiger partial charge in [-0.15, -0.1) is 0 Å². The van der Waals surface area contributed by atoms with Gasteiger partial charge in [-0.2, -0.15) is 10.4 Å². The molecule has 0 unspecified atom stereocenters. The van der Waals surface area contributed by atoms with Crippen LogP contribution in [0.5, 0.6) is 0 Å². The summed E-state index contributed by atoms with van der Waals surface area (Å²) in [6, 6.07) is 5.28. The van der Waals surface area contributed by atoms with Crippen LogP contribution < -0.4 is 5.32 Å². The number of aryl methyl sites for hydroxylation is 1. The molecule has 2 aromatic rings. The molecule has 0 bridgehead atoms. The number of piperidine rings is 1. The highest BCUT2D eigenvalue weighted by Gasteiger charge is 2.41. The van der Waals surface area contributed by atoms with Crippen molar-refractivity contribution >= 4 is 5.82 Å². The summed E-state index contributed by atoms with van der Waals surface area (Å²) in [6.45, 7) is 2.02. The third kappa shape index (κ3) is 3.35. The minimum Gasteiger partial charge on any atom is -0.368 e. The topological polar surface area (TPSA) is 82.7 Å². The summed E-state index contributed by atoms with van der Waals surface area (Å²) in [6.07, 6.45) is 10.1. The zero-order valence-electron chi connectivity index (χ0n) is 14.5. The first-order valence-corrected chi connectivity index (χ1v) is 8.96. The van der Waals surface area contributed by atoms with Gasteiger partial charge in [0.05, 0.1) is 24.1 Å². The van der Waals surface area contributed by atoms with Crippen molar-refractivity contribution in [2.24, 2.45) is 13.0 Å². The molecule has 7 nitrogen and oxygen atoms in total. The van der Waals surface area contributed by atoms with E-state index in [4.69, 9.17) is 5.26 Å². The minimum absolute atomic E-state index is 0.343. The Morgan fingerprint density at radius 2 is 2.16 bits per heavy atom. The van der Waals surface area contributed by atoms with Crippen LogP contribution in [0, 0.1) is 17.2 Å². The van der Waals surface area contributed by atoms with E-state index in [1.165, 1.54) is 44.1 Å². The maximum atomic E-state index is 8.83. The van der Waals surface area contributed by atoms with Gasteiger partial charge in [-0.3, -0.25) is 9.58 Å². The highest BCUT2D eigenvalue weighted by Crippen LogP contribution is 2.42. The highest BCUT2D eigenvalue weighted by atomic mass is 15.3. The summed E-state index contributed by atoms with van der Waals surface area (Å²) in [5.74, 6) is 1.23. The lowest BCUT2D eigenvalue weighted by molar-refractivity contribution is 0.0841. The van der Waals surface area contributed by atoms with Crippen molar-refractivity contribution in [1.29, 1.82) is 5.26 Å². The Bertz CT molecular complexity index is 756. The molecule has 25 heavy (non-hydrogen) atoms. The summed E-state index contributed by atoms with van der Waals surface area (Å²) < 4.78 is 2.01. The highest BCUT2D eigenvalue weighted by molar-refractivity contribution is 5.33. The molecule has 0 spiro atoms. The number of likely N-dealkylation sites (tertiary alicyclic amines) is 1. The predicted molar refractivity (Wildman–Crippen MR) is 93.6 cm³/mol. The zero-order valence-corrected chi connectivity index (χ0v) is 14.5. The van der Waals surface area contributed by atoms with Gasteiger partial charge >= 0.3 is 0 Å². The van der Waals surface area contributed by atoms with Crippen LogP contribution in [0.4, 0.5) is 5.82 Å². The number of nitrogens with one attached hydrogen (secondary N) is 1. The first-order valence-electron chi connectivity index (χ1n) is 8.96. The third-order valence-corrected chi connectivity index (χ3v) is 5.28. The van der Waals surface area contributed by atoms with Crippen molar-refractivity contribution < 1.29 is 0 Å². The van der Waals surface area contributed by atoms with Gasteiger partial charge < -0.3 is 5.32 Å². The monoisotopic (exact) mass is 337 g/mol. The molecule has 2 fully saturated rings. The number of nitriles is 1. The number of rotatable bonds is 5. The number of hydrogen-bond acceptors (Lipinski definition) is 6. The van der Waals surface area contributed by atoms with Gasteiger partial charge in [-0.05, 0) is 44.2 Å². The molecule has 1 aliphatic carbocycles. The normalized spacial score (nSPS) is 24.0. The number of aromatic nitrogens is 4. The second kappa shape index (κ2) is 6.81. The summed E-state index contributed by atoms with van der Waals surface area (Å²) in [7, 11) is 2.03. The van der Waals surface area contributed by atoms with Gasteiger partial charge in [0.1, 0.15) is 11.9 Å². The molecule has 1 aliphatic heterocycles. The van der Waals surface area contributed by atoms with Crippen LogP contribution in [0.25, 0.3) is 0 Å². The second-order valence-corrected chi connectivity index (χ2v) is 6.98. The Hall–Kier alpha value is -2.46. The Morgan fingerprint density at radius 3 is 2.80 bits per heavy atom. The molecule has 0 aromatic carbocycles. The van der Waals surface area contributed by atoms with Crippen LogP contribution >= 0.6 is 0 Å². The van der Waals surface area contributed by atoms with Crippen LogP contribution in [0.2, 0.25) is 0 Å². The van der Waals surface area contributed by atoms with Crippen LogP contribution in [-0.4, -0.2) is 43.8 Å². The van der Waals surface area contributed by atoms with E-state index in [2.05, 4.69) is 31.3 Å². The molecule has 3 heterocycles.